The fourth-order valence-corrected chi connectivity index (χ4v) is 2.53. The predicted octanol–water partition coefficient (Wildman–Crippen LogP) is 1.27. The molecule has 25 heavy (non-hydrogen) atoms. The first-order chi connectivity index (χ1) is 11.8. The van der Waals surface area contributed by atoms with Gasteiger partial charge in [0, 0.05) is 23.6 Å². The number of carbonyl (C=O) groups is 2. The maximum absolute atomic E-state index is 12.3. The van der Waals surface area contributed by atoms with E-state index < -0.39 is 38.7 Å². The van der Waals surface area contributed by atoms with Crippen molar-refractivity contribution in [1.29, 1.82) is 0 Å². The maximum Gasteiger partial charge on any atom is 0.317 e. The second-order valence-electron chi connectivity index (χ2n) is 5.40. The smallest absolute Gasteiger partial charge is 0.317 e. The summed E-state index contributed by atoms with van der Waals surface area (Å²) in [5.74, 6) is -2.18. The van der Waals surface area contributed by atoms with Crippen LogP contribution < -0.4 is 0 Å². The van der Waals surface area contributed by atoms with E-state index in [0.717, 1.165) is 18.2 Å². The van der Waals surface area contributed by atoms with Crippen molar-refractivity contribution >= 4 is 11.6 Å². The molecule has 0 spiro atoms. The lowest BCUT2D eigenvalue weighted by Crippen LogP contribution is -2.24. The monoisotopic (exact) mass is 346 g/mol. The van der Waals surface area contributed by atoms with Crippen LogP contribution in [0.5, 0.6) is 0 Å². The van der Waals surface area contributed by atoms with Crippen molar-refractivity contribution < 1.29 is 24.5 Å². The number of nitro groups is 2. The molecular weight excluding hydrogens is 332 g/mol. The second-order valence-corrected chi connectivity index (χ2v) is 5.40. The van der Waals surface area contributed by atoms with Crippen LogP contribution in [-0.2, 0) is 9.59 Å². The first-order valence-electron chi connectivity index (χ1n) is 7.36. The molecule has 0 heterocycles. The lowest BCUT2D eigenvalue weighted by atomic mass is 9.85. The van der Waals surface area contributed by atoms with Gasteiger partial charge in [-0.25, -0.2) is 0 Å². The van der Waals surface area contributed by atoms with Crippen LogP contribution >= 0.6 is 0 Å². The van der Waals surface area contributed by atoms with Gasteiger partial charge in [0.05, 0.1) is 16.5 Å². The van der Waals surface area contributed by atoms with Gasteiger partial charge in [-0.05, 0) is 35.8 Å². The Morgan fingerprint density at radius 2 is 1.60 bits per heavy atom. The number of aliphatic hydroxyl groups excluding tert-OH is 1. The predicted molar refractivity (Wildman–Crippen MR) is 85.3 cm³/mol. The number of hydrogen-bond acceptors (Lipinski definition) is 7. The normalized spacial score (nSPS) is 21.4. The highest BCUT2D eigenvalue weighted by Gasteiger charge is 2.34. The molecule has 2 aliphatic carbocycles. The summed E-state index contributed by atoms with van der Waals surface area (Å²) in [4.78, 5) is 44.2. The van der Waals surface area contributed by atoms with Crippen LogP contribution in [0.2, 0.25) is 0 Å². The number of Topliss-reactive ketones (excluding diaryl/α,β-unsaturated/α-hetero) is 1. The molecule has 0 aromatic heterocycles. The Bertz CT molecular complexity index is 823. The zero-order valence-corrected chi connectivity index (χ0v) is 13.2. The van der Waals surface area contributed by atoms with Gasteiger partial charge in [-0.15, -0.1) is 0 Å². The van der Waals surface area contributed by atoms with Crippen LogP contribution in [0.15, 0.2) is 58.5 Å². The Balaban J connectivity index is 2.67. The van der Waals surface area contributed by atoms with Crippen molar-refractivity contribution in [3.05, 3.63) is 78.7 Å². The molecule has 0 bridgehead atoms. The largest absolute Gasteiger partial charge is 0.396 e. The molecule has 9 nitrogen and oxygen atoms in total. The molecule has 0 radical (unpaired) electrons. The molecule has 1 unspecified atom stereocenters. The summed E-state index contributed by atoms with van der Waals surface area (Å²) in [6.45, 7) is 1.35. The molecule has 130 valence electrons. The Morgan fingerprint density at radius 3 is 2.12 bits per heavy atom. The van der Waals surface area contributed by atoms with Crippen molar-refractivity contribution in [3.63, 3.8) is 0 Å². The average molecular weight is 346 g/mol. The minimum absolute atomic E-state index is 0.0584. The van der Waals surface area contributed by atoms with Crippen molar-refractivity contribution in [2.75, 3.05) is 6.61 Å². The van der Waals surface area contributed by atoms with Crippen molar-refractivity contribution in [1.82, 2.24) is 0 Å². The summed E-state index contributed by atoms with van der Waals surface area (Å²) in [6, 6.07) is 0. The van der Waals surface area contributed by atoms with Crippen LogP contribution in [0.3, 0.4) is 0 Å². The number of carbonyl (C=O) groups excluding carboxylic acids is 2. The molecule has 0 aliphatic heterocycles. The second kappa shape index (κ2) is 7.14. The number of rotatable bonds is 5. The standard InChI is InChI=1S/C16H14N2O7/c1-2-9(8-19)12-5-11(7-14(16(12)21)18(24)25)10-3-4-15(20)13(6-10)17(22)23/h3-7,9,19H,2,8H2,1H3. The van der Waals surface area contributed by atoms with E-state index in [0.29, 0.717) is 6.42 Å². The van der Waals surface area contributed by atoms with Crippen LogP contribution in [0.4, 0.5) is 0 Å². The number of hydrogen-bond donors (Lipinski definition) is 1. The molecule has 0 fully saturated rings. The van der Waals surface area contributed by atoms with E-state index in [-0.39, 0.29) is 23.3 Å². The Labute approximate surface area is 141 Å². The van der Waals surface area contributed by atoms with Gasteiger partial charge in [0.2, 0.25) is 0 Å². The first-order valence-corrected chi connectivity index (χ1v) is 7.36. The molecule has 2 aliphatic rings. The number of aliphatic hydroxyl groups is 1. The Kier molecular flexibility index (Phi) is 5.18. The van der Waals surface area contributed by atoms with Crippen molar-refractivity contribution in [2.45, 2.75) is 13.3 Å². The fourth-order valence-electron chi connectivity index (χ4n) is 2.53. The maximum atomic E-state index is 12.3. The summed E-state index contributed by atoms with van der Waals surface area (Å²) < 4.78 is 0. The van der Waals surface area contributed by atoms with Gasteiger partial charge >= 0.3 is 11.4 Å². The zero-order chi connectivity index (χ0) is 18.7. The lowest BCUT2D eigenvalue weighted by Gasteiger charge is -2.18. The quantitative estimate of drug-likeness (QED) is 0.583. The average Bonchev–Trinajstić information content (AvgIpc) is 2.57. The SMILES string of the molecule is CCC(CO)C1=CC(=C2C=CC(=O)C([N+](=O)[O-])=C2)C=C([N+](=O)[O-])C1=O. The highest BCUT2D eigenvalue weighted by Crippen LogP contribution is 2.30. The first kappa shape index (κ1) is 18.1. The third-order valence-corrected chi connectivity index (χ3v) is 3.94. The highest BCUT2D eigenvalue weighted by atomic mass is 16.6. The number of allylic oxidation sites excluding steroid dienone is 8. The highest BCUT2D eigenvalue weighted by molar-refractivity contribution is 6.09. The summed E-state index contributed by atoms with van der Waals surface area (Å²) >= 11 is 0. The van der Waals surface area contributed by atoms with E-state index in [1.807, 2.05) is 0 Å². The third-order valence-electron chi connectivity index (χ3n) is 3.94. The summed E-state index contributed by atoms with van der Waals surface area (Å²) in [5.41, 5.74) is -0.904. The van der Waals surface area contributed by atoms with Crippen LogP contribution in [-0.4, -0.2) is 33.1 Å². The Hall–Kier alpha value is -3.20. The molecule has 1 N–H and O–H groups in total. The van der Waals surface area contributed by atoms with Crippen molar-refractivity contribution in [3.8, 4) is 0 Å². The van der Waals surface area contributed by atoms with Crippen LogP contribution in [0.1, 0.15) is 13.3 Å². The van der Waals surface area contributed by atoms with Gasteiger partial charge in [-0.1, -0.05) is 6.92 Å². The number of ketones is 2. The minimum Gasteiger partial charge on any atom is -0.396 e. The van der Waals surface area contributed by atoms with Gasteiger partial charge in [-0.3, -0.25) is 29.8 Å². The lowest BCUT2D eigenvalue weighted by molar-refractivity contribution is -0.418. The van der Waals surface area contributed by atoms with Gasteiger partial charge in [0.25, 0.3) is 11.6 Å². The van der Waals surface area contributed by atoms with E-state index in [1.165, 1.54) is 12.2 Å². The van der Waals surface area contributed by atoms with Gasteiger partial charge in [0.15, 0.2) is 0 Å². The molecule has 0 amide bonds. The van der Waals surface area contributed by atoms with E-state index in [9.17, 15) is 34.9 Å². The van der Waals surface area contributed by atoms with Crippen LogP contribution in [0.25, 0.3) is 0 Å². The minimum atomic E-state index is -0.842. The van der Waals surface area contributed by atoms with E-state index in [2.05, 4.69) is 0 Å². The topological polar surface area (TPSA) is 141 Å². The van der Waals surface area contributed by atoms with E-state index in [1.54, 1.807) is 6.92 Å². The van der Waals surface area contributed by atoms with Gasteiger partial charge in [0.1, 0.15) is 0 Å². The zero-order valence-electron chi connectivity index (χ0n) is 13.2. The molecule has 9 heteroatoms. The molecule has 0 aromatic rings. The number of nitrogens with zero attached hydrogens (tertiary/aromatic N) is 2. The third kappa shape index (κ3) is 3.50. The van der Waals surface area contributed by atoms with Gasteiger partial charge in [-0.2, -0.15) is 0 Å². The van der Waals surface area contributed by atoms with Gasteiger partial charge < -0.3 is 5.11 Å². The molecule has 2 rings (SSSR count). The molecule has 1 atom stereocenters. The summed E-state index contributed by atoms with van der Waals surface area (Å²) in [6.07, 6.45) is 6.06. The summed E-state index contributed by atoms with van der Waals surface area (Å²) in [5, 5.41) is 31.5. The molecule has 0 aromatic carbocycles. The van der Waals surface area contributed by atoms with E-state index >= 15 is 0 Å². The molecular formula is C16H14N2O7. The van der Waals surface area contributed by atoms with Crippen molar-refractivity contribution in [2.24, 2.45) is 5.92 Å². The Morgan fingerprint density at radius 1 is 1.00 bits per heavy atom. The summed E-state index contributed by atoms with van der Waals surface area (Å²) in [7, 11) is 0. The van der Waals surface area contributed by atoms with E-state index in [4.69, 9.17) is 0 Å². The van der Waals surface area contributed by atoms with Crippen LogP contribution in [0, 0.1) is 26.1 Å². The molecule has 0 saturated heterocycles. The molecule has 0 saturated carbocycles. The fraction of sp³-hybridized carbons (Fsp3) is 0.250.